The molecule has 2 aromatic carbocycles. The summed E-state index contributed by atoms with van der Waals surface area (Å²) < 4.78 is 37.3. The lowest BCUT2D eigenvalue weighted by atomic mass is 10.2. The van der Waals surface area contributed by atoms with Crippen LogP contribution in [0.25, 0.3) is 0 Å². The maximum atomic E-state index is 12.5. The van der Waals surface area contributed by atoms with E-state index in [2.05, 4.69) is 4.72 Å². The highest BCUT2D eigenvalue weighted by Crippen LogP contribution is 2.32. The second-order valence-corrected chi connectivity index (χ2v) is 6.31. The fourth-order valence-electron chi connectivity index (χ4n) is 1.94. The van der Waals surface area contributed by atoms with E-state index in [-0.39, 0.29) is 21.9 Å². The Kier molecular flexibility index (Phi) is 4.84. The number of hydrogen-bond donors (Lipinski definition) is 3. The van der Waals surface area contributed by atoms with Crippen molar-refractivity contribution in [2.24, 2.45) is 0 Å². The van der Waals surface area contributed by atoms with E-state index in [0.717, 1.165) is 12.1 Å². The predicted molar refractivity (Wildman–Crippen MR) is 85.4 cm³/mol. The molecular formula is C15H15NO7S. The molecule has 0 unspecified atom stereocenters. The predicted octanol–water partition coefficient (Wildman–Crippen LogP) is 1.91. The first-order valence-electron chi connectivity index (χ1n) is 6.59. The molecule has 3 N–H and O–H groups in total. The Balaban J connectivity index is 2.44. The SMILES string of the molecule is COc1ccc(OC)c(S(=O)(=O)Nc2ccc(C(=O)O)cc2O)c1. The van der Waals surface area contributed by atoms with Crippen LogP contribution in [-0.2, 0) is 10.0 Å². The van der Waals surface area contributed by atoms with Crippen molar-refractivity contribution in [2.45, 2.75) is 4.90 Å². The minimum atomic E-state index is -4.11. The van der Waals surface area contributed by atoms with Crippen molar-refractivity contribution in [1.82, 2.24) is 0 Å². The maximum Gasteiger partial charge on any atom is 0.335 e. The van der Waals surface area contributed by atoms with Crippen molar-refractivity contribution in [3.8, 4) is 17.2 Å². The van der Waals surface area contributed by atoms with Gasteiger partial charge in [0.05, 0.1) is 25.5 Å². The first-order chi connectivity index (χ1) is 11.3. The summed E-state index contributed by atoms with van der Waals surface area (Å²) in [6.07, 6.45) is 0. The van der Waals surface area contributed by atoms with Gasteiger partial charge >= 0.3 is 5.97 Å². The zero-order chi connectivity index (χ0) is 17.9. The number of phenolic OH excluding ortho intramolecular Hbond substituents is 1. The van der Waals surface area contributed by atoms with E-state index >= 15 is 0 Å². The zero-order valence-electron chi connectivity index (χ0n) is 12.8. The monoisotopic (exact) mass is 353 g/mol. The van der Waals surface area contributed by atoms with Crippen LogP contribution in [-0.4, -0.2) is 38.8 Å². The molecule has 24 heavy (non-hydrogen) atoms. The standard InChI is InChI=1S/C15H15NO7S/c1-22-10-4-6-13(23-2)14(8-10)24(20,21)16-11-5-3-9(15(18)19)7-12(11)17/h3-8,16-17H,1-2H3,(H,18,19). The quantitative estimate of drug-likeness (QED) is 0.678. The molecular weight excluding hydrogens is 338 g/mol. The highest BCUT2D eigenvalue weighted by Gasteiger charge is 2.22. The molecule has 0 saturated heterocycles. The molecule has 0 aliphatic heterocycles. The molecule has 0 radical (unpaired) electrons. The number of aromatic carboxylic acids is 1. The number of carboxylic acid groups (broad SMARTS) is 1. The number of carboxylic acids is 1. The van der Waals surface area contributed by atoms with Crippen LogP contribution in [0.4, 0.5) is 5.69 Å². The molecule has 2 rings (SSSR count). The van der Waals surface area contributed by atoms with Gasteiger partial charge in [0.2, 0.25) is 0 Å². The summed E-state index contributed by atoms with van der Waals surface area (Å²) in [4.78, 5) is 10.7. The molecule has 0 amide bonds. The summed E-state index contributed by atoms with van der Waals surface area (Å²) in [5.74, 6) is -1.36. The van der Waals surface area contributed by atoms with Crippen LogP contribution >= 0.6 is 0 Å². The number of nitrogens with one attached hydrogen (secondary N) is 1. The lowest BCUT2D eigenvalue weighted by molar-refractivity contribution is 0.0696. The van der Waals surface area contributed by atoms with Crippen LogP contribution in [0.2, 0.25) is 0 Å². The molecule has 0 saturated carbocycles. The van der Waals surface area contributed by atoms with E-state index in [4.69, 9.17) is 14.6 Å². The number of anilines is 1. The van der Waals surface area contributed by atoms with Gasteiger partial charge in [-0.15, -0.1) is 0 Å². The highest BCUT2D eigenvalue weighted by molar-refractivity contribution is 7.92. The first-order valence-corrected chi connectivity index (χ1v) is 8.08. The average molecular weight is 353 g/mol. The maximum absolute atomic E-state index is 12.5. The lowest BCUT2D eigenvalue weighted by Gasteiger charge is -2.13. The van der Waals surface area contributed by atoms with Crippen molar-refractivity contribution < 1.29 is 32.9 Å². The van der Waals surface area contributed by atoms with Crippen LogP contribution in [0.1, 0.15) is 10.4 Å². The van der Waals surface area contributed by atoms with Gasteiger partial charge < -0.3 is 19.7 Å². The van der Waals surface area contributed by atoms with E-state index in [1.165, 1.54) is 38.5 Å². The number of sulfonamides is 1. The van der Waals surface area contributed by atoms with Gasteiger partial charge in [-0.05, 0) is 30.3 Å². The van der Waals surface area contributed by atoms with Crippen molar-refractivity contribution in [1.29, 1.82) is 0 Å². The number of aromatic hydroxyl groups is 1. The van der Waals surface area contributed by atoms with Gasteiger partial charge in [0.15, 0.2) is 0 Å². The minimum Gasteiger partial charge on any atom is -0.506 e. The van der Waals surface area contributed by atoms with E-state index in [1.54, 1.807) is 0 Å². The molecule has 9 heteroatoms. The molecule has 0 aromatic heterocycles. The first kappa shape index (κ1) is 17.4. The number of benzene rings is 2. The Hall–Kier alpha value is -2.94. The average Bonchev–Trinajstić information content (AvgIpc) is 2.55. The van der Waals surface area contributed by atoms with E-state index in [1.807, 2.05) is 0 Å². The molecule has 0 aliphatic rings. The Labute approximate surface area is 138 Å². The van der Waals surface area contributed by atoms with Crippen LogP contribution in [0.3, 0.4) is 0 Å². The molecule has 0 bridgehead atoms. The van der Waals surface area contributed by atoms with Crippen molar-refractivity contribution in [3.05, 3.63) is 42.0 Å². The van der Waals surface area contributed by atoms with Crippen LogP contribution in [0.15, 0.2) is 41.3 Å². The van der Waals surface area contributed by atoms with Gasteiger partial charge in [-0.1, -0.05) is 0 Å². The number of ether oxygens (including phenoxy) is 2. The number of rotatable bonds is 6. The second kappa shape index (κ2) is 6.67. The van der Waals surface area contributed by atoms with E-state index in [0.29, 0.717) is 5.75 Å². The summed E-state index contributed by atoms with van der Waals surface area (Å²) >= 11 is 0. The normalized spacial score (nSPS) is 10.9. The Morgan fingerprint density at radius 3 is 2.33 bits per heavy atom. The Bertz CT molecular complexity index is 877. The summed E-state index contributed by atoms with van der Waals surface area (Å²) in [6.45, 7) is 0. The molecule has 8 nitrogen and oxygen atoms in total. The van der Waals surface area contributed by atoms with Gasteiger partial charge in [-0.3, -0.25) is 4.72 Å². The third kappa shape index (κ3) is 3.51. The number of methoxy groups -OCH3 is 2. The fourth-order valence-corrected chi connectivity index (χ4v) is 3.20. The second-order valence-electron chi connectivity index (χ2n) is 4.66. The largest absolute Gasteiger partial charge is 0.506 e. The molecule has 0 spiro atoms. The molecule has 0 aliphatic carbocycles. The van der Waals surface area contributed by atoms with Gasteiger partial charge in [-0.25, -0.2) is 13.2 Å². The third-order valence-corrected chi connectivity index (χ3v) is 4.54. The number of hydrogen-bond acceptors (Lipinski definition) is 6. The zero-order valence-corrected chi connectivity index (χ0v) is 13.6. The lowest BCUT2D eigenvalue weighted by Crippen LogP contribution is -2.14. The minimum absolute atomic E-state index is 0.0879. The molecule has 128 valence electrons. The molecule has 0 fully saturated rings. The summed E-state index contributed by atoms with van der Waals surface area (Å²) in [5.41, 5.74) is -0.334. The van der Waals surface area contributed by atoms with E-state index < -0.39 is 21.7 Å². The summed E-state index contributed by atoms with van der Waals surface area (Å²) in [7, 11) is -1.40. The smallest absolute Gasteiger partial charge is 0.335 e. The highest BCUT2D eigenvalue weighted by atomic mass is 32.2. The molecule has 0 heterocycles. The van der Waals surface area contributed by atoms with Crippen LogP contribution in [0.5, 0.6) is 17.2 Å². The summed E-state index contributed by atoms with van der Waals surface area (Å²) in [5, 5.41) is 18.7. The third-order valence-electron chi connectivity index (χ3n) is 3.15. The van der Waals surface area contributed by atoms with E-state index in [9.17, 15) is 18.3 Å². The Morgan fingerprint density at radius 2 is 1.79 bits per heavy atom. The van der Waals surface area contributed by atoms with Gasteiger partial charge in [0, 0.05) is 6.07 Å². The van der Waals surface area contributed by atoms with Gasteiger partial charge in [0.1, 0.15) is 22.1 Å². The molecule has 0 atom stereocenters. The van der Waals surface area contributed by atoms with Crippen LogP contribution < -0.4 is 14.2 Å². The van der Waals surface area contributed by atoms with Crippen molar-refractivity contribution >= 4 is 21.7 Å². The van der Waals surface area contributed by atoms with Gasteiger partial charge in [0.25, 0.3) is 10.0 Å². The van der Waals surface area contributed by atoms with Gasteiger partial charge in [-0.2, -0.15) is 0 Å². The number of carbonyl (C=O) groups is 1. The van der Waals surface area contributed by atoms with Crippen molar-refractivity contribution in [3.63, 3.8) is 0 Å². The topological polar surface area (TPSA) is 122 Å². The molecule has 2 aromatic rings. The van der Waals surface area contributed by atoms with Crippen molar-refractivity contribution in [2.75, 3.05) is 18.9 Å². The Morgan fingerprint density at radius 1 is 1.08 bits per heavy atom. The number of phenols is 1. The van der Waals surface area contributed by atoms with Crippen LogP contribution in [0, 0.1) is 0 Å². The summed E-state index contributed by atoms with van der Waals surface area (Å²) in [6, 6.07) is 7.51. The fraction of sp³-hybridized carbons (Fsp3) is 0.133.